The van der Waals surface area contributed by atoms with Gasteiger partial charge in [0, 0.05) is 5.56 Å². The molecule has 0 radical (unpaired) electrons. The monoisotopic (exact) mass is 391 g/mol. The summed E-state index contributed by atoms with van der Waals surface area (Å²) in [5.41, 5.74) is 1.41. The average Bonchev–Trinajstić information content (AvgIpc) is 2.78. The lowest BCUT2D eigenvalue weighted by Crippen LogP contribution is -2.25. The van der Waals surface area contributed by atoms with Gasteiger partial charge in [-0.2, -0.15) is 5.26 Å². The van der Waals surface area contributed by atoms with Gasteiger partial charge in [-0.15, -0.1) is 0 Å². The van der Waals surface area contributed by atoms with Crippen LogP contribution in [-0.2, 0) is 4.79 Å². The molecule has 1 aromatic heterocycles. The van der Waals surface area contributed by atoms with Crippen molar-refractivity contribution < 1.29 is 9.53 Å². The van der Waals surface area contributed by atoms with Crippen LogP contribution in [0.2, 0.25) is 0 Å². The molecule has 0 aliphatic heterocycles. The quantitative estimate of drug-likeness (QED) is 0.426. The molecule has 0 amide bonds. The van der Waals surface area contributed by atoms with Crippen molar-refractivity contribution >= 4 is 5.97 Å². The zero-order valence-corrected chi connectivity index (χ0v) is 17.1. The Bertz CT molecular complexity index is 817. The Kier molecular flexibility index (Phi) is 7.75. The van der Waals surface area contributed by atoms with Crippen LogP contribution in [0.15, 0.2) is 36.7 Å². The van der Waals surface area contributed by atoms with Gasteiger partial charge in [0.2, 0.25) is 0 Å². The molecule has 3 rings (SSSR count). The van der Waals surface area contributed by atoms with Crippen LogP contribution in [0.3, 0.4) is 0 Å². The minimum Gasteiger partial charge on any atom is -0.423 e. The molecule has 29 heavy (non-hydrogen) atoms. The van der Waals surface area contributed by atoms with Crippen LogP contribution in [0.1, 0.15) is 70.3 Å². The fourth-order valence-corrected chi connectivity index (χ4v) is 3.96. The number of nitrogens with zero attached hydrogens (tertiary/aromatic N) is 3. The third-order valence-electron chi connectivity index (χ3n) is 5.76. The molecular weight excluding hydrogens is 362 g/mol. The Labute approximate surface area is 173 Å². The van der Waals surface area contributed by atoms with Crippen molar-refractivity contribution in [3.63, 3.8) is 0 Å². The van der Waals surface area contributed by atoms with Gasteiger partial charge in [0.15, 0.2) is 11.6 Å². The standard InChI is InChI=1S/C24H29N3O2/c1-2-3-4-5-6-18-7-13-21(14-8-18)24(28)29-22-16-26-23(27-17-22)20-11-9-19(15-25)10-12-20/h9-12,16-18,21H,2-8,13-14H2,1H3. The van der Waals surface area contributed by atoms with Crippen LogP contribution in [0.5, 0.6) is 5.75 Å². The lowest BCUT2D eigenvalue weighted by molar-refractivity contribution is -0.140. The van der Waals surface area contributed by atoms with E-state index in [0.717, 1.165) is 37.2 Å². The van der Waals surface area contributed by atoms with Crippen LogP contribution >= 0.6 is 0 Å². The molecule has 1 fully saturated rings. The Morgan fingerprint density at radius 3 is 2.38 bits per heavy atom. The predicted molar refractivity (Wildman–Crippen MR) is 112 cm³/mol. The number of ether oxygens (including phenoxy) is 1. The second kappa shape index (κ2) is 10.7. The second-order valence-corrected chi connectivity index (χ2v) is 7.92. The van der Waals surface area contributed by atoms with Crippen LogP contribution in [-0.4, -0.2) is 15.9 Å². The molecule has 2 aromatic rings. The number of hydrogen-bond donors (Lipinski definition) is 0. The summed E-state index contributed by atoms with van der Waals surface area (Å²) in [5.74, 6) is 1.52. The summed E-state index contributed by atoms with van der Waals surface area (Å²) in [6.07, 6.45) is 13.7. The second-order valence-electron chi connectivity index (χ2n) is 7.92. The molecule has 1 aliphatic rings. The number of unbranched alkanes of at least 4 members (excludes halogenated alkanes) is 3. The van der Waals surface area contributed by atoms with Crippen LogP contribution in [0.25, 0.3) is 11.4 Å². The molecule has 0 N–H and O–H groups in total. The Morgan fingerprint density at radius 2 is 1.76 bits per heavy atom. The summed E-state index contributed by atoms with van der Waals surface area (Å²) in [7, 11) is 0. The van der Waals surface area contributed by atoms with Crippen LogP contribution < -0.4 is 4.74 Å². The zero-order valence-electron chi connectivity index (χ0n) is 17.1. The molecule has 0 atom stereocenters. The topological polar surface area (TPSA) is 75.9 Å². The summed E-state index contributed by atoms with van der Waals surface area (Å²) < 4.78 is 5.52. The number of aromatic nitrogens is 2. The van der Waals surface area contributed by atoms with Gasteiger partial charge < -0.3 is 4.74 Å². The first-order valence-corrected chi connectivity index (χ1v) is 10.7. The van der Waals surface area contributed by atoms with E-state index in [-0.39, 0.29) is 11.9 Å². The van der Waals surface area contributed by atoms with Gasteiger partial charge in [-0.25, -0.2) is 9.97 Å². The van der Waals surface area contributed by atoms with E-state index >= 15 is 0 Å². The van der Waals surface area contributed by atoms with Gasteiger partial charge in [-0.1, -0.05) is 39.0 Å². The summed E-state index contributed by atoms with van der Waals surface area (Å²) in [4.78, 5) is 21.1. The van der Waals surface area contributed by atoms with E-state index in [1.807, 2.05) is 0 Å². The Morgan fingerprint density at radius 1 is 1.07 bits per heavy atom. The number of rotatable bonds is 8. The summed E-state index contributed by atoms with van der Waals surface area (Å²) in [5, 5.41) is 8.87. The lowest BCUT2D eigenvalue weighted by Gasteiger charge is -2.27. The van der Waals surface area contributed by atoms with Gasteiger partial charge in [0.1, 0.15) is 0 Å². The first-order chi connectivity index (χ1) is 14.2. The number of hydrogen-bond acceptors (Lipinski definition) is 5. The van der Waals surface area contributed by atoms with Gasteiger partial charge in [-0.05, 0) is 55.9 Å². The number of esters is 1. The SMILES string of the molecule is CCCCCCC1CCC(C(=O)Oc2cnc(-c3ccc(C#N)cc3)nc2)CC1. The van der Waals surface area contributed by atoms with E-state index in [1.165, 1.54) is 44.5 Å². The smallest absolute Gasteiger partial charge is 0.314 e. The van der Waals surface area contributed by atoms with E-state index in [1.54, 1.807) is 24.3 Å². The van der Waals surface area contributed by atoms with E-state index in [9.17, 15) is 4.79 Å². The van der Waals surface area contributed by atoms with Gasteiger partial charge in [-0.3, -0.25) is 4.79 Å². The van der Waals surface area contributed by atoms with Crippen molar-refractivity contribution in [3.8, 4) is 23.2 Å². The molecule has 5 heteroatoms. The van der Waals surface area contributed by atoms with Crippen molar-refractivity contribution in [1.29, 1.82) is 5.26 Å². The largest absolute Gasteiger partial charge is 0.423 e. The third-order valence-corrected chi connectivity index (χ3v) is 5.76. The number of carbonyl (C=O) groups excluding carboxylic acids is 1. The summed E-state index contributed by atoms with van der Waals surface area (Å²) in [6, 6.07) is 9.16. The number of nitriles is 1. The molecule has 152 valence electrons. The maximum absolute atomic E-state index is 12.5. The van der Waals surface area contributed by atoms with Crippen molar-refractivity contribution in [3.05, 3.63) is 42.2 Å². The van der Waals surface area contributed by atoms with Crippen molar-refractivity contribution in [2.75, 3.05) is 0 Å². The fraction of sp³-hybridized carbons (Fsp3) is 0.500. The highest BCUT2D eigenvalue weighted by molar-refractivity contribution is 5.75. The Balaban J connectivity index is 1.46. The van der Waals surface area contributed by atoms with Crippen molar-refractivity contribution in [1.82, 2.24) is 9.97 Å². The molecular formula is C24H29N3O2. The number of benzene rings is 1. The predicted octanol–water partition coefficient (Wildman–Crippen LogP) is 5.70. The van der Waals surface area contributed by atoms with E-state index in [0.29, 0.717) is 17.1 Å². The van der Waals surface area contributed by atoms with E-state index in [4.69, 9.17) is 10.00 Å². The van der Waals surface area contributed by atoms with Gasteiger partial charge in [0.25, 0.3) is 0 Å². The molecule has 1 heterocycles. The van der Waals surface area contributed by atoms with Gasteiger partial charge in [0.05, 0.1) is 29.9 Å². The van der Waals surface area contributed by atoms with Crippen LogP contribution in [0, 0.1) is 23.2 Å². The average molecular weight is 392 g/mol. The maximum atomic E-state index is 12.5. The fourth-order valence-electron chi connectivity index (χ4n) is 3.96. The minimum absolute atomic E-state index is 0.0138. The molecule has 5 nitrogen and oxygen atoms in total. The highest BCUT2D eigenvalue weighted by atomic mass is 16.5. The Hall–Kier alpha value is -2.74. The van der Waals surface area contributed by atoms with E-state index < -0.39 is 0 Å². The first-order valence-electron chi connectivity index (χ1n) is 10.7. The highest BCUT2D eigenvalue weighted by Gasteiger charge is 2.27. The van der Waals surface area contributed by atoms with E-state index in [2.05, 4.69) is 23.0 Å². The molecule has 0 spiro atoms. The highest BCUT2D eigenvalue weighted by Crippen LogP contribution is 2.33. The molecule has 1 aromatic carbocycles. The van der Waals surface area contributed by atoms with Crippen molar-refractivity contribution in [2.45, 2.75) is 64.7 Å². The summed E-state index contributed by atoms with van der Waals surface area (Å²) in [6.45, 7) is 2.24. The lowest BCUT2D eigenvalue weighted by atomic mass is 9.80. The third kappa shape index (κ3) is 6.12. The molecule has 1 saturated carbocycles. The molecule has 0 saturated heterocycles. The van der Waals surface area contributed by atoms with Gasteiger partial charge >= 0.3 is 5.97 Å². The minimum atomic E-state index is -0.163. The number of carbonyl (C=O) groups is 1. The van der Waals surface area contributed by atoms with Crippen molar-refractivity contribution in [2.24, 2.45) is 11.8 Å². The molecule has 1 aliphatic carbocycles. The zero-order chi connectivity index (χ0) is 20.5. The summed E-state index contributed by atoms with van der Waals surface area (Å²) >= 11 is 0. The maximum Gasteiger partial charge on any atom is 0.314 e. The van der Waals surface area contributed by atoms with Crippen LogP contribution in [0.4, 0.5) is 0 Å². The normalized spacial score (nSPS) is 18.8. The first kappa shape index (κ1) is 21.0. The molecule has 0 unspecified atom stereocenters. The molecule has 0 bridgehead atoms.